The van der Waals surface area contributed by atoms with Crippen LogP contribution in [0.5, 0.6) is 5.75 Å². The van der Waals surface area contributed by atoms with Gasteiger partial charge in [0.25, 0.3) is 5.91 Å². The molecule has 0 aliphatic heterocycles. The van der Waals surface area contributed by atoms with Crippen LogP contribution in [0.2, 0.25) is 0 Å². The van der Waals surface area contributed by atoms with Gasteiger partial charge in [0.2, 0.25) is 0 Å². The summed E-state index contributed by atoms with van der Waals surface area (Å²) in [6.45, 7) is 2.33. The number of hydrogen-bond donors (Lipinski definition) is 2. The molecule has 0 saturated carbocycles. The van der Waals surface area contributed by atoms with Crippen LogP contribution >= 0.6 is 0 Å². The number of nitrogen functional groups attached to an aromatic ring is 1. The van der Waals surface area contributed by atoms with Crippen molar-refractivity contribution in [3.63, 3.8) is 0 Å². The van der Waals surface area contributed by atoms with E-state index in [2.05, 4.69) is 5.32 Å². The second-order valence-corrected chi connectivity index (χ2v) is 6.32. The van der Waals surface area contributed by atoms with Gasteiger partial charge in [0.1, 0.15) is 11.6 Å². The van der Waals surface area contributed by atoms with Crippen LogP contribution in [-0.2, 0) is 9.53 Å². The van der Waals surface area contributed by atoms with E-state index in [4.69, 9.17) is 15.2 Å². The maximum atomic E-state index is 13.0. The van der Waals surface area contributed by atoms with E-state index in [1.807, 2.05) is 0 Å². The number of unbranched alkanes of at least 4 members (excludes halogenated alkanes) is 3. The van der Waals surface area contributed by atoms with Gasteiger partial charge in [0, 0.05) is 24.2 Å². The second kappa shape index (κ2) is 10.9. The van der Waals surface area contributed by atoms with E-state index in [0.717, 1.165) is 25.7 Å². The molecule has 0 radical (unpaired) electrons. The van der Waals surface area contributed by atoms with Crippen LogP contribution in [0.15, 0.2) is 42.5 Å². The Balaban J connectivity index is 1.78. The number of rotatable bonds is 10. The number of amides is 1. The van der Waals surface area contributed by atoms with Gasteiger partial charge >= 0.3 is 5.97 Å². The van der Waals surface area contributed by atoms with E-state index in [-0.39, 0.29) is 11.9 Å². The van der Waals surface area contributed by atoms with Gasteiger partial charge in [0.05, 0.1) is 18.9 Å². The van der Waals surface area contributed by atoms with E-state index in [9.17, 15) is 14.0 Å². The summed E-state index contributed by atoms with van der Waals surface area (Å²) in [6, 6.07) is 10.3. The van der Waals surface area contributed by atoms with Crippen molar-refractivity contribution in [3.8, 4) is 5.75 Å². The van der Waals surface area contributed by atoms with Crippen molar-refractivity contribution < 1.29 is 23.5 Å². The molecule has 0 atom stereocenters. The summed E-state index contributed by atoms with van der Waals surface area (Å²) in [6.07, 6.45) is 3.56. The molecule has 0 saturated heterocycles. The van der Waals surface area contributed by atoms with Crippen molar-refractivity contribution in [3.05, 3.63) is 53.8 Å². The van der Waals surface area contributed by atoms with Crippen molar-refractivity contribution in [2.45, 2.75) is 32.6 Å². The maximum Gasteiger partial charge on any atom is 0.302 e. The summed E-state index contributed by atoms with van der Waals surface area (Å²) >= 11 is 0. The highest BCUT2D eigenvalue weighted by Crippen LogP contribution is 2.26. The standard InChI is InChI=1S/C21H25FN2O4/c1-15(25)27-12-4-2-3-5-13-28-20-14-18(10-11-19(20)23)24-21(26)16-6-8-17(22)9-7-16/h6-11,14H,2-5,12-13,23H2,1H3,(H,24,26). The fourth-order valence-corrected chi connectivity index (χ4v) is 2.50. The Labute approximate surface area is 163 Å². The van der Waals surface area contributed by atoms with Crippen molar-refractivity contribution in [2.24, 2.45) is 0 Å². The molecule has 0 bridgehead atoms. The molecule has 7 heteroatoms. The highest BCUT2D eigenvalue weighted by molar-refractivity contribution is 6.04. The van der Waals surface area contributed by atoms with Crippen molar-refractivity contribution in [1.29, 1.82) is 0 Å². The quantitative estimate of drug-likeness (QED) is 0.362. The van der Waals surface area contributed by atoms with E-state index in [0.29, 0.717) is 35.9 Å². The van der Waals surface area contributed by atoms with Crippen LogP contribution in [0.3, 0.4) is 0 Å². The average molecular weight is 388 g/mol. The smallest absolute Gasteiger partial charge is 0.302 e. The molecule has 0 aliphatic carbocycles. The summed E-state index contributed by atoms with van der Waals surface area (Å²) in [4.78, 5) is 22.9. The predicted octanol–water partition coefficient (Wildman–Crippen LogP) is 4.16. The third-order valence-electron chi connectivity index (χ3n) is 3.98. The monoisotopic (exact) mass is 388 g/mol. The normalized spacial score (nSPS) is 10.4. The highest BCUT2D eigenvalue weighted by Gasteiger charge is 2.08. The Hall–Kier alpha value is -3.09. The number of halogens is 1. The molecule has 2 aromatic rings. The Morgan fingerprint density at radius 3 is 2.36 bits per heavy atom. The predicted molar refractivity (Wildman–Crippen MR) is 106 cm³/mol. The molecule has 3 N–H and O–H groups in total. The number of nitrogens with two attached hydrogens (primary N) is 1. The van der Waals surface area contributed by atoms with Crippen LogP contribution in [0.4, 0.5) is 15.8 Å². The first-order valence-electron chi connectivity index (χ1n) is 9.18. The molecule has 0 unspecified atom stereocenters. The lowest BCUT2D eigenvalue weighted by atomic mass is 10.2. The molecule has 1 amide bonds. The molecule has 0 spiro atoms. The lowest BCUT2D eigenvalue weighted by molar-refractivity contribution is -0.141. The summed E-state index contributed by atoms with van der Waals surface area (Å²) in [7, 11) is 0. The summed E-state index contributed by atoms with van der Waals surface area (Å²) < 4.78 is 23.5. The average Bonchev–Trinajstić information content (AvgIpc) is 2.66. The molecular formula is C21H25FN2O4. The summed E-state index contributed by atoms with van der Waals surface area (Å²) in [5, 5.41) is 2.74. The first kappa shape index (κ1) is 21.2. The Morgan fingerprint density at radius 2 is 1.68 bits per heavy atom. The maximum absolute atomic E-state index is 13.0. The molecule has 2 rings (SSSR count). The number of ether oxygens (including phenoxy) is 2. The van der Waals surface area contributed by atoms with E-state index >= 15 is 0 Å². The minimum absolute atomic E-state index is 0.259. The molecule has 28 heavy (non-hydrogen) atoms. The Kier molecular flexibility index (Phi) is 8.27. The van der Waals surface area contributed by atoms with E-state index in [1.54, 1.807) is 18.2 Å². The molecule has 0 heterocycles. The van der Waals surface area contributed by atoms with Gasteiger partial charge in [-0.3, -0.25) is 9.59 Å². The van der Waals surface area contributed by atoms with Gasteiger partial charge in [-0.1, -0.05) is 0 Å². The first-order valence-corrected chi connectivity index (χ1v) is 9.18. The molecule has 0 aromatic heterocycles. The van der Waals surface area contributed by atoms with Crippen molar-refractivity contribution in [2.75, 3.05) is 24.3 Å². The number of carbonyl (C=O) groups is 2. The molecule has 6 nitrogen and oxygen atoms in total. The molecular weight excluding hydrogens is 363 g/mol. The third-order valence-corrected chi connectivity index (χ3v) is 3.98. The zero-order valence-electron chi connectivity index (χ0n) is 15.9. The zero-order chi connectivity index (χ0) is 20.4. The van der Waals surface area contributed by atoms with Gasteiger partial charge < -0.3 is 20.5 Å². The van der Waals surface area contributed by atoms with Crippen LogP contribution < -0.4 is 15.8 Å². The Morgan fingerprint density at radius 1 is 1.00 bits per heavy atom. The first-order chi connectivity index (χ1) is 13.5. The summed E-state index contributed by atoms with van der Waals surface area (Å²) in [5.41, 5.74) is 7.31. The number of anilines is 2. The van der Waals surface area contributed by atoms with Gasteiger partial charge in [-0.15, -0.1) is 0 Å². The SMILES string of the molecule is CC(=O)OCCCCCCOc1cc(NC(=O)c2ccc(F)cc2)ccc1N. The van der Waals surface area contributed by atoms with Crippen LogP contribution in [0, 0.1) is 5.82 Å². The molecule has 0 aliphatic rings. The number of nitrogens with one attached hydrogen (secondary N) is 1. The number of hydrogen-bond acceptors (Lipinski definition) is 5. The number of carbonyl (C=O) groups excluding carboxylic acids is 2. The Bertz CT molecular complexity index is 793. The van der Waals surface area contributed by atoms with E-state index in [1.165, 1.54) is 31.2 Å². The van der Waals surface area contributed by atoms with Gasteiger partial charge in [0.15, 0.2) is 0 Å². The lowest BCUT2D eigenvalue weighted by Crippen LogP contribution is -2.12. The fourth-order valence-electron chi connectivity index (χ4n) is 2.50. The molecule has 2 aromatic carbocycles. The highest BCUT2D eigenvalue weighted by atomic mass is 19.1. The van der Waals surface area contributed by atoms with Crippen LogP contribution in [0.25, 0.3) is 0 Å². The summed E-state index contributed by atoms with van der Waals surface area (Å²) in [5.74, 6) is -0.503. The van der Waals surface area contributed by atoms with Gasteiger partial charge in [-0.25, -0.2) is 4.39 Å². The lowest BCUT2D eigenvalue weighted by Gasteiger charge is -2.12. The number of esters is 1. The number of benzene rings is 2. The zero-order valence-corrected chi connectivity index (χ0v) is 15.9. The van der Waals surface area contributed by atoms with Gasteiger partial charge in [-0.05, 0) is 62.1 Å². The second-order valence-electron chi connectivity index (χ2n) is 6.32. The minimum Gasteiger partial charge on any atom is -0.491 e. The van der Waals surface area contributed by atoms with Crippen molar-refractivity contribution >= 4 is 23.3 Å². The van der Waals surface area contributed by atoms with E-state index < -0.39 is 5.82 Å². The molecule has 150 valence electrons. The largest absolute Gasteiger partial charge is 0.491 e. The van der Waals surface area contributed by atoms with Crippen molar-refractivity contribution in [1.82, 2.24) is 0 Å². The third kappa shape index (κ3) is 7.26. The van der Waals surface area contributed by atoms with Crippen LogP contribution in [0.1, 0.15) is 43.0 Å². The fraction of sp³-hybridized carbons (Fsp3) is 0.333. The van der Waals surface area contributed by atoms with Gasteiger partial charge in [-0.2, -0.15) is 0 Å². The topological polar surface area (TPSA) is 90.6 Å². The van der Waals surface area contributed by atoms with Crippen LogP contribution in [-0.4, -0.2) is 25.1 Å². The minimum atomic E-state index is -0.397. The molecule has 0 fully saturated rings.